The summed E-state index contributed by atoms with van der Waals surface area (Å²) < 4.78 is 78.5. The third kappa shape index (κ3) is 2.70. The van der Waals surface area contributed by atoms with Gasteiger partial charge in [-0.15, -0.1) is 10.2 Å². The molecular weight excluding hydrogens is 358 g/mol. The van der Waals surface area contributed by atoms with Crippen molar-refractivity contribution in [3.05, 3.63) is 24.4 Å². The van der Waals surface area contributed by atoms with Crippen LogP contribution in [0.1, 0.15) is 6.42 Å². The van der Waals surface area contributed by atoms with Gasteiger partial charge < -0.3 is 4.90 Å². The van der Waals surface area contributed by atoms with Crippen molar-refractivity contribution in [3.63, 3.8) is 0 Å². The van der Waals surface area contributed by atoms with Crippen LogP contribution in [-0.2, 0) is 0 Å². The molecule has 0 unspecified atom stereocenters. The number of rotatable bonds is 2. The Hall–Kier alpha value is -1.91. The third-order valence-electron chi connectivity index (χ3n) is 3.92. The van der Waals surface area contributed by atoms with Gasteiger partial charge in [-0.1, -0.05) is 17.4 Å². The molecule has 1 saturated heterocycles. The lowest BCUT2D eigenvalue weighted by Gasteiger charge is -2.33. The van der Waals surface area contributed by atoms with Crippen LogP contribution < -0.4 is 4.90 Å². The Bertz CT molecular complexity index is 697. The second-order valence-electron chi connectivity index (χ2n) is 5.35. The fourth-order valence-electron chi connectivity index (χ4n) is 2.53. The number of nitrogens with zero attached hydrogens (tertiary/aromatic N) is 4. The highest BCUT2D eigenvalue weighted by atomic mass is 32.1. The predicted molar refractivity (Wildman–Crippen MR) is 74.5 cm³/mol. The molecule has 1 aliphatic rings. The van der Waals surface area contributed by atoms with Crippen molar-refractivity contribution in [2.24, 2.45) is 5.41 Å². The number of pyridine rings is 1. The van der Waals surface area contributed by atoms with Gasteiger partial charge in [0.25, 0.3) is 0 Å². The molecule has 4 nitrogen and oxygen atoms in total. The maximum atomic E-state index is 13.1. The van der Waals surface area contributed by atoms with E-state index in [9.17, 15) is 26.3 Å². The molecule has 2 aromatic rings. The summed E-state index contributed by atoms with van der Waals surface area (Å²) in [5.41, 5.74) is -3.28. The molecule has 0 amide bonds. The Balaban J connectivity index is 1.87. The van der Waals surface area contributed by atoms with Gasteiger partial charge in [-0.05, 0) is 18.6 Å². The van der Waals surface area contributed by atoms with Gasteiger partial charge in [-0.3, -0.25) is 4.98 Å². The summed E-state index contributed by atoms with van der Waals surface area (Å²) in [4.78, 5) is 5.00. The Morgan fingerprint density at radius 3 is 2.29 bits per heavy atom. The molecule has 0 radical (unpaired) electrons. The lowest BCUT2D eigenvalue weighted by Crippen LogP contribution is -2.51. The molecule has 0 saturated carbocycles. The van der Waals surface area contributed by atoms with E-state index < -0.39 is 37.3 Å². The van der Waals surface area contributed by atoms with Gasteiger partial charge in [0.05, 0.1) is 0 Å². The van der Waals surface area contributed by atoms with E-state index >= 15 is 0 Å². The van der Waals surface area contributed by atoms with Gasteiger partial charge in [0.2, 0.25) is 5.13 Å². The van der Waals surface area contributed by atoms with Crippen LogP contribution in [0.25, 0.3) is 10.7 Å². The Morgan fingerprint density at radius 1 is 1.04 bits per heavy atom. The minimum atomic E-state index is -5.38. The van der Waals surface area contributed by atoms with Gasteiger partial charge in [-0.25, -0.2) is 0 Å². The monoisotopic (exact) mass is 368 g/mol. The SMILES string of the molecule is FC(F)(F)C1(C(F)(F)F)CCN(c2nnc(-c3ccccn3)s2)C1. The molecule has 0 bridgehead atoms. The highest BCUT2D eigenvalue weighted by molar-refractivity contribution is 7.18. The highest BCUT2D eigenvalue weighted by Gasteiger charge is 2.72. The second-order valence-corrected chi connectivity index (χ2v) is 6.31. The van der Waals surface area contributed by atoms with Crippen molar-refractivity contribution in [3.8, 4) is 10.7 Å². The lowest BCUT2D eigenvalue weighted by molar-refractivity contribution is -0.332. The van der Waals surface area contributed by atoms with Crippen LogP contribution in [0.4, 0.5) is 31.5 Å². The van der Waals surface area contributed by atoms with E-state index in [0.717, 1.165) is 16.2 Å². The normalized spacial score (nSPS) is 18.2. The van der Waals surface area contributed by atoms with E-state index in [1.807, 2.05) is 0 Å². The van der Waals surface area contributed by atoms with E-state index in [-0.39, 0.29) is 5.13 Å². The third-order valence-corrected chi connectivity index (χ3v) is 4.93. The predicted octanol–water partition coefficient (Wildman–Crippen LogP) is 3.92. The topological polar surface area (TPSA) is 41.9 Å². The first kappa shape index (κ1) is 16.9. The average Bonchev–Trinajstić information content (AvgIpc) is 3.14. The molecule has 3 rings (SSSR count). The second kappa shape index (κ2) is 5.57. The molecule has 2 aromatic heterocycles. The fraction of sp³-hybridized carbons (Fsp3) is 0.462. The summed E-state index contributed by atoms with van der Waals surface area (Å²) in [6, 6.07) is 4.99. The molecule has 0 aliphatic carbocycles. The van der Waals surface area contributed by atoms with Crippen molar-refractivity contribution in [1.29, 1.82) is 0 Å². The van der Waals surface area contributed by atoms with Crippen LogP contribution in [0.3, 0.4) is 0 Å². The fourth-order valence-corrected chi connectivity index (χ4v) is 3.38. The average molecular weight is 368 g/mol. The molecule has 130 valence electrons. The lowest BCUT2D eigenvalue weighted by atomic mass is 9.85. The first-order valence-corrected chi connectivity index (χ1v) is 7.59. The number of hydrogen-bond donors (Lipinski definition) is 0. The molecule has 0 atom stereocenters. The molecule has 1 aliphatic heterocycles. The van der Waals surface area contributed by atoms with Gasteiger partial charge in [-0.2, -0.15) is 26.3 Å². The van der Waals surface area contributed by atoms with Crippen LogP contribution in [-0.4, -0.2) is 40.6 Å². The molecule has 0 aromatic carbocycles. The van der Waals surface area contributed by atoms with Crippen LogP contribution >= 0.6 is 11.3 Å². The summed E-state index contributed by atoms with van der Waals surface area (Å²) in [5, 5.41) is 7.88. The Kier molecular flexibility index (Phi) is 3.93. The minimum Gasteiger partial charge on any atom is -0.345 e. The van der Waals surface area contributed by atoms with Crippen LogP contribution in [0.15, 0.2) is 24.4 Å². The summed E-state index contributed by atoms with van der Waals surface area (Å²) in [7, 11) is 0. The minimum absolute atomic E-state index is 0.0195. The van der Waals surface area contributed by atoms with Crippen LogP contribution in [0.2, 0.25) is 0 Å². The van der Waals surface area contributed by atoms with Gasteiger partial charge >= 0.3 is 12.4 Å². The Labute approximate surface area is 136 Å². The van der Waals surface area contributed by atoms with E-state index in [1.165, 1.54) is 6.20 Å². The summed E-state index contributed by atoms with van der Waals surface area (Å²) in [6.07, 6.45) is -10.3. The summed E-state index contributed by atoms with van der Waals surface area (Å²) >= 11 is 0.912. The summed E-state index contributed by atoms with van der Waals surface area (Å²) in [5.74, 6) is 0. The van der Waals surface area contributed by atoms with E-state index in [1.54, 1.807) is 18.2 Å². The van der Waals surface area contributed by atoms with Crippen LogP contribution in [0, 0.1) is 5.41 Å². The van der Waals surface area contributed by atoms with Crippen molar-refractivity contribution >= 4 is 16.5 Å². The van der Waals surface area contributed by atoms with Crippen molar-refractivity contribution < 1.29 is 26.3 Å². The van der Waals surface area contributed by atoms with Crippen LogP contribution in [0.5, 0.6) is 0 Å². The van der Waals surface area contributed by atoms with E-state index in [4.69, 9.17) is 0 Å². The van der Waals surface area contributed by atoms with Gasteiger partial charge in [0, 0.05) is 19.3 Å². The van der Waals surface area contributed by atoms with Gasteiger partial charge in [0.1, 0.15) is 5.69 Å². The molecule has 0 N–H and O–H groups in total. The smallest absolute Gasteiger partial charge is 0.345 e. The van der Waals surface area contributed by atoms with Crippen molar-refractivity contribution in [2.45, 2.75) is 18.8 Å². The number of hydrogen-bond acceptors (Lipinski definition) is 5. The zero-order valence-corrected chi connectivity index (χ0v) is 12.7. The number of anilines is 1. The first-order chi connectivity index (χ1) is 11.1. The number of halogens is 6. The van der Waals surface area contributed by atoms with E-state index in [0.29, 0.717) is 10.7 Å². The van der Waals surface area contributed by atoms with Crippen molar-refractivity contribution in [2.75, 3.05) is 18.0 Å². The zero-order chi connectivity index (χ0) is 17.6. The standard InChI is InChI=1S/C13H10F6N4S/c14-12(15,16)11(13(17,18)19)4-6-23(7-11)10-22-21-9(24-10)8-3-1-2-5-20-8/h1-3,5H,4,6-7H2. The van der Waals surface area contributed by atoms with Gasteiger partial charge in [0.15, 0.2) is 10.4 Å². The number of aromatic nitrogens is 3. The highest BCUT2D eigenvalue weighted by Crippen LogP contribution is 2.56. The quantitative estimate of drug-likeness (QED) is 0.754. The molecule has 24 heavy (non-hydrogen) atoms. The van der Waals surface area contributed by atoms with Crippen molar-refractivity contribution in [1.82, 2.24) is 15.2 Å². The first-order valence-electron chi connectivity index (χ1n) is 6.77. The maximum Gasteiger partial charge on any atom is 0.404 e. The van der Waals surface area contributed by atoms with E-state index in [2.05, 4.69) is 15.2 Å². The number of alkyl halides is 6. The molecule has 11 heteroatoms. The molecular formula is C13H10F6N4S. The zero-order valence-electron chi connectivity index (χ0n) is 11.9. The maximum absolute atomic E-state index is 13.1. The molecule has 0 spiro atoms. The Morgan fingerprint density at radius 2 is 1.75 bits per heavy atom. The largest absolute Gasteiger partial charge is 0.404 e. The molecule has 3 heterocycles. The molecule has 1 fully saturated rings. The summed E-state index contributed by atoms with van der Waals surface area (Å²) in [6.45, 7) is -1.60.